The normalized spacial score (nSPS) is 10.7. The van der Waals surface area contributed by atoms with Crippen LogP contribution in [0.4, 0.5) is 0 Å². The molecule has 21 heavy (non-hydrogen) atoms. The van der Waals surface area contributed by atoms with Crippen molar-refractivity contribution in [3.63, 3.8) is 0 Å². The van der Waals surface area contributed by atoms with Crippen LogP contribution in [0.5, 0.6) is 11.5 Å². The molecule has 120 valence electrons. The second kappa shape index (κ2) is 10.9. The summed E-state index contributed by atoms with van der Waals surface area (Å²) in [5.74, 6) is 1.54. The highest BCUT2D eigenvalue weighted by molar-refractivity contribution is 9.10. The van der Waals surface area contributed by atoms with Crippen LogP contribution in [0.1, 0.15) is 38.7 Å². The van der Waals surface area contributed by atoms with Crippen molar-refractivity contribution in [2.75, 3.05) is 26.4 Å². The third kappa shape index (κ3) is 6.68. The third-order valence-electron chi connectivity index (χ3n) is 3.00. The van der Waals surface area contributed by atoms with E-state index >= 15 is 0 Å². The highest BCUT2D eigenvalue weighted by Gasteiger charge is 2.12. The summed E-state index contributed by atoms with van der Waals surface area (Å²) in [7, 11) is 0. The molecule has 0 saturated heterocycles. The van der Waals surface area contributed by atoms with Crippen molar-refractivity contribution < 1.29 is 14.6 Å². The molecule has 1 aromatic rings. The molecule has 0 aliphatic rings. The molecule has 5 heteroatoms. The Morgan fingerprint density at radius 1 is 1.14 bits per heavy atom. The fourth-order valence-corrected chi connectivity index (χ4v) is 2.56. The van der Waals surface area contributed by atoms with E-state index in [9.17, 15) is 0 Å². The van der Waals surface area contributed by atoms with Crippen LogP contribution < -0.4 is 14.8 Å². The maximum absolute atomic E-state index is 8.77. The summed E-state index contributed by atoms with van der Waals surface area (Å²) in [6.07, 6.45) is 2.72. The van der Waals surface area contributed by atoms with E-state index in [1.54, 1.807) is 0 Å². The summed E-state index contributed by atoms with van der Waals surface area (Å²) in [6, 6.07) is 4.09. The molecule has 0 heterocycles. The van der Waals surface area contributed by atoms with Crippen LogP contribution in [-0.2, 0) is 6.54 Å². The number of benzene rings is 1. The van der Waals surface area contributed by atoms with Gasteiger partial charge in [0.05, 0.1) is 17.7 Å². The fraction of sp³-hybridized carbons (Fsp3) is 0.625. The van der Waals surface area contributed by atoms with E-state index < -0.39 is 0 Å². The molecule has 0 unspecified atom stereocenters. The lowest BCUT2D eigenvalue weighted by Gasteiger charge is -2.15. The van der Waals surface area contributed by atoms with E-state index in [4.69, 9.17) is 14.6 Å². The maximum atomic E-state index is 8.77. The number of unbranched alkanes of at least 4 members (excludes halogenated alkanes) is 2. The number of aliphatic hydroxyl groups is 1. The van der Waals surface area contributed by atoms with Gasteiger partial charge in [-0.05, 0) is 66.4 Å². The molecule has 0 spiro atoms. The molecular weight excluding hydrogens is 334 g/mol. The molecule has 4 nitrogen and oxygen atoms in total. The summed E-state index contributed by atoms with van der Waals surface area (Å²) >= 11 is 3.57. The second-order valence-corrected chi connectivity index (χ2v) is 5.61. The van der Waals surface area contributed by atoms with E-state index in [2.05, 4.69) is 34.2 Å². The number of nitrogens with one attached hydrogen (secondary N) is 1. The Kier molecular flexibility index (Phi) is 9.46. The Bertz CT molecular complexity index is 413. The molecule has 0 aliphatic carbocycles. The van der Waals surface area contributed by atoms with Gasteiger partial charge >= 0.3 is 0 Å². The molecule has 0 saturated carbocycles. The van der Waals surface area contributed by atoms with Crippen molar-refractivity contribution in [1.82, 2.24) is 5.32 Å². The van der Waals surface area contributed by atoms with Crippen LogP contribution >= 0.6 is 15.9 Å². The van der Waals surface area contributed by atoms with Gasteiger partial charge in [0.25, 0.3) is 0 Å². The van der Waals surface area contributed by atoms with Gasteiger partial charge in [-0.25, -0.2) is 0 Å². The highest BCUT2D eigenvalue weighted by atomic mass is 79.9. The minimum Gasteiger partial charge on any atom is -0.490 e. The first-order chi connectivity index (χ1) is 10.2. The first-order valence-corrected chi connectivity index (χ1v) is 8.41. The van der Waals surface area contributed by atoms with Gasteiger partial charge in [-0.1, -0.05) is 6.92 Å². The average Bonchev–Trinajstić information content (AvgIpc) is 2.47. The Morgan fingerprint density at radius 2 is 1.95 bits per heavy atom. The zero-order valence-corrected chi connectivity index (χ0v) is 14.5. The van der Waals surface area contributed by atoms with Gasteiger partial charge in [0, 0.05) is 13.2 Å². The minimum atomic E-state index is 0.243. The standard InChI is InChI=1S/C16H26BrNO3/c1-3-18-12-13-10-14(17)16(15(11-13)20-4-2)21-9-7-5-6-8-19/h10-11,18-19H,3-9,12H2,1-2H3. The minimum absolute atomic E-state index is 0.243. The van der Waals surface area contributed by atoms with Crippen LogP contribution in [0.2, 0.25) is 0 Å². The van der Waals surface area contributed by atoms with Crippen LogP contribution in [0, 0.1) is 0 Å². The van der Waals surface area contributed by atoms with Crippen molar-refractivity contribution in [2.45, 2.75) is 39.7 Å². The number of hydrogen-bond acceptors (Lipinski definition) is 4. The molecule has 2 N–H and O–H groups in total. The highest BCUT2D eigenvalue weighted by Crippen LogP contribution is 2.37. The summed E-state index contributed by atoms with van der Waals surface area (Å²) in [5, 5.41) is 12.1. The number of aliphatic hydroxyl groups excluding tert-OH is 1. The van der Waals surface area contributed by atoms with E-state index in [0.717, 1.165) is 48.3 Å². The monoisotopic (exact) mass is 359 g/mol. The maximum Gasteiger partial charge on any atom is 0.175 e. The van der Waals surface area contributed by atoms with E-state index in [1.807, 2.05) is 13.0 Å². The van der Waals surface area contributed by atoms with Crippen molar-refractivity contribution >= 4 is 15.9 Å². The predicted octanol–water partition coefficient (Wildman–Crippen LogP) is 3.50. The predicted molar refractivity (Wildman–Crippen MR) is 89.1 cm³/mol. The topological polar surface area (TPSA) is 50.7 Å². The lowest BCUT2D eigenvalue weighted by molar-refractivity contribution is 0.254. The molecule has 0 radical (unpaired) electrons. The summed E-state index contributed by atoms with van der Waals surface area (Å²) < 4.78 is 12.5. The van der Waals surface area contributed by atoms with Crippen LogP contribution in [0.3, 0.4) is 0 Å². The Morgan fingerprint density at radius 3 is 2.62 bits per heavy atom. The van der Waals surface area contributed by atoms with E-state index in [0.29, 0.717) is 13.2 Å². The van der Waals surface area contributed by atoms with Gasteiger partial charge in [0.1, 0.15) is 0 Å². The number of ether oxygens (including phenoxy) is 2. The van der Waals surface area contributed by atoms with Crippen LogP contribution in [0.15, 0.2) is 16.6 Å². The molecule has 0 fully saturated rings. The first kappa shape index (κ1) is 18.3. The van der Waals surface area contributed by atoms with Crippen LogP contribution in [0.25, 0.3) is 0 Å². The summed E-state index contributed by atoms with van der Waals surface area (Å²) in [4.78, 5) is 0. The molecule has 0 bridgehead atoms. The average molecular weight is 360 g/mol. The number of halogens is 1. The van der Waals surface area contributed by atoms with Gasteiger partial charge in [0.2, 0.25) is 0 Å². The quantitative estimate of drug-likeness (QED) is 0.593. The summed E-state index contributed by atoms with van der Waals surface area (Å²) in [5.41, 5.74) is 1.17. The zero-order valence-electron chi connectivity index (χ0n) is 13.0. The Hall–Kier alpha value is -0.780. The van der Waals surface area contributed by atoms with Crippen molar-refractivity contribution in [1.29, 1.82) is 0 Å². The van der Waals surface area contributed by atoms with Gasteiger partial charge < -0.3 is 19.9 Å². The number of rotatable bonds is 11. The third-order valence-corrected chi connectivity index (χ3v) is 3.59. The smallest absolute Gasteiger partial charge is 0.175 e. The lowest BCUT2D eigenvalue weighted by atomic mass is 10.2. The molecule has 0 aliphatic heterocycles. The SMILES string of the molecule is CCNCc1cc(Br)c(OCCCCCO)c(OCC)c1. The fourth-order valence-electron chi connectivity index (χ4n) is 1.96. The van der Waals surface area contributed by atoms with Crippen LogP contribution in [-0.4, -0.2) is 31.5 Å². The van der Waals surface area contributed by atoms with Gasteiger partial charge in [-0.2, -0.15) is 0 Å². The van der Waals surface area contributed by atoms with E-state index in [-0.39, 0.29) is 6.61 Å². The lowest BCUT2D eigenvalue weighted by Crippen LogP contribution is -2.12. The van der Waals surface area contributed by atoms with Crippen molar-refractivity contribution in [3.05, 3.63) is 22.2 Å². The number of hydrogen-bond donors (Lipinski definition) is 2. The molecule has 0 atom stereocenters. The molecular formula is C16H26BrNO3. The molecule has 0 amide bonds. The van der Waals surface area contributed by atoms with Gasteiger partial charge in [-0.15, -0.1) is 0 Å². The van der Waals surface area contributed by atoms with Gasteiger partial charge in [0.15, 0.2) is 11.5 Å². The van der Waals surface area contributed by atoms with Crippen molar-refractivity contribution in [2.24, 2.45) is 0 Å². The second-order valence-electron chi connectivity index (χ2n) is 4.75. The zero-order chi connectivity index (χ0) is 15.5. The van der Waals surface area contributed by atoms with Crippen molar-refractivity contribution in [3.8, 4) is 11.5 Å². The largest absolute Gasteiger partial charge is 0.490 e. The molecule has 1 rings (SSSR count). The van der Waals surface area contributed by atoms with E-state index in [1.165, 1.54) is 5.56 Å². The summed E-state index contributed by atoms with van der Waals surface area (Å²) in [6.45, 7) is 7.28. The Balaban J connectivity index is 2.71. The molecule has 0 aromatic heterocycles. The van der Waals surface area contributed by atoms with Gasteiger partial charge in [-0.3, -0.25) is 0 Å². The molecule has 1 aromatic carbocycles. The Labute approximate surface area is 136 Å². The first-order valence-electron chi connectivity index (χ1n) is 7.62.